The van der Waals surface area contributed by atoms with Crippen molar-refractivity contribution in [3.8, 4) is 0 Å². The fourth-order valence-corrected chi connectivity index (χ4v) is 6.65. The molecule has 1 unspecified atom stereocenters. The molecule has 57 heavy (non-hydrogen) atoms. The maximum atomic E-state index is 12.7. The highest BCUT2D eigenvalue weighted by Crippen LogP contribution is 2.34. The molecule has 0 spiro atoms. The number of anilines is 1. The monoisotopic (exact) mass is 786 g/mol. The smallest absolute Gasteiger partial charge is 0.330 e. The van der Waals surface area contributed by atoms with Crippen molar-refractivity contribution in [3.63, 3.8) is 0 Å². The number of aromatic nitrogens is 2. The number of amides is 1. The Balaban J connectivity index is 1.03. The fraction of sp³-hybridized carbons (Fsp3) is 0.450. The number of methoxy groups -OCH3 is 2. The minimum Gasteiger partial charge on any atom is -0.394 e. The first-order chi connectivity index (χ1) is 27.5. The molecule has 1 aromatic heterocycles. The lowest BCUT2D eigenvalue weighted by atomic mass is 10.0. The topological polar surface area (TPSA) is 204 Å². The molecule has 4 aromatic rings. The summed E-state index contributed by atoms with van der Waals surface area (Å²) in [4.78, 5) is 59.1. The number of hydrogen-bond acceptors (Lipinski definition) is 13. The third kappa shape index (κ3) is 11.2. The van der Waals surface area contributed by atoms with Gasteiger partial charge in [-0.05, 0) is 63.1 Å². The van der Waals surface area contributed by atoms with Crippen molar-refractivity contribution in [3.05, 3.63) is 103 Å². The first-order valence-electron chi connectivity index (χ1n) is 18.9. The van der Waals surface area contributed by atoms with Gasteiger partial charge in [-0.25, -0.2) is 4.79 Å². The highest BCUT2D eigenvalue weighted by atomic mass is 16.6. The molecule has 0 bridgehead atoms. The third-order valence-corrected chi connectivity index (χ3v) is 9.82. The molecule has 1 aliphatic heterocycles. The van der Waals surface area contributed by atoms with E-state index in [1.807, 2.05) is 51.1 Å². The number of fused-ring (bicyclic) bond motifs is 1. The summed E-state index contributed by atoms with van der Waals surface area (Å²) in [6.45, 7) is 7.93. The number of hydrogen-bond donors (Lipinski definition) is 2. The van der Waals surface area contributed by atoms with E-state index in [9.17, 15) is 24.5 Å². The van der Waals surface area contributed by atoms with Crippen LogP contribution in [0.5, 0.6) is 0 Å². The molecule has 2 heterocycles. The van der Waals surface area contributed by atoms with Gasteiger partial charge in [-0.15, -0.1) is 5.11 Å². The zero-order valence-electron chi connectivity index (χ0n) is 32.9. The molecule has 0 saturated carbocycles. The molecular weight excluding hydrogens is 736 g/mol. The van der Waals surface area contributed by atoms with Crippen LogP contribution in [0.2, 0.25) is 0 Å². The van der Waals surface area contributed by atoms with Gasteiger partial charge in [-0.2, -0.15) is 5.11 Å². The van der Waals surface area contributed by atoms with Crippen LogP contribution in [0.15, 0.2) is 91.8 Å². The summed E-state index contributed by atoms with van der Waals surface area (Å²) >= 11 is 0. The maximum absolute atomic E-state index is 12.7. The quantitative estimate of drug-likeness (QED) is 0.0338. The molecule has 1 aliphatic rings. The van der Waals surface area contributed by atoms with Crippen molar-refractivity contribution in [1.29, 1.82) is 0 Å². The van der Waals surface area contributed by atoms with Crippen LogP contribution in [0.25, 0.3) is 10.8 Å². The van der Waals surface area contributed by atoms with Crippen LogP contribution < -0.4 is 21.5 Å². The van der Waals surface area contributed by atoms with Gasteiger partial charge in [0.25, 0.3) is 11.2 Å². The molecule has 2 N–H and O–H groups in total. The summed E-state index contributed by atoms with van der Waals surface area (Å²) in [7, 11) is 3.14. The number of ether oxygens (including phenoxy) is 3. The summed E-state index contributed by atoms with van der Waals surface area (Å²) in [5.41, 5.74) is 2.23. The zero-order chi connectivity index (χ0) is 40.9. The number of nitro groups is 1. The van der Waals surface area contributed by atoms with Gasteiger partial charge in [-0.1, -0.05) is 30.3 Å². The van der Waals surface area contributed by atoms with Gasteiger partial charge in [0.1, 0.15) is 18.9 Å². The number of non-ortho nitro benzene ring substituents is 1. The molecule has 4 atom stereocenters. The summed E-state index contributed by atoms with van der Waals surface area (Å²) in [5.74, 6) is -0.520. The highest BCUT2D eigenvalue weighted by molar-refractivity contribution is 5.98. The summed E-state index contributed by atoms with van der Waals surface area (Å²) in [6, 6.07) is 17.7. The van der Waals surface area contributed by atoms with E-state index in [1.54, 1.807) is 38.5 Å². The van der Waals surface area contributed by atoms with Crippen LogP contribution in [0.1, 0.15) is 64.2 Å². The molecule has 1 saturated heterocycles. The van der Waals surface area contributed by atoms with Crippen molar-refractivity contribution < 1.29 is 28.8 Å². The lowest BCUT2D eigenvalue weighted by molar-refractivity contribution is -0.383. The standard InChI is InChI=1S/C40H50N8O9/c1-6-46(29-16-14-28(15-17-29)43-44-33-18-19-34(48(52)53)31-12-8-7-11-30(31)33)20-21-56-45-27(3)10-9-13-37(49)41-23-26(2)32-24-47(40(51)42-39(32)50)38-22-35(55-5)36(57-38)25-54-4/h7-8,11-12,14-19,24,26,35-36,38H,6,9-10,13,20-23,25H2,1-5H3,(H,41,49)(H,42,50,51)/t26?,35-,36-,38-/m1/s1. The second-order valence-electron chi connectivity index (χ2n) is 13.8. The number of nitro benzene ring substituents is 1. The molecule has 17 heteroatoms. The molecule has 5 rings (SSSR count). The second kappa shape index (κ2) is 20.4. The van der Waals surface area contributed by atoms with Gasteiger partial charge in [0.05, 0.1) is 46.7 Å². The van der Waals surface area contributed by atoms with E-state index in [-0.39, 0.29) is 42.7 Å². The van der Waals surface area contributed by atoms with Crippen molar-refractivity contribution >= 4 is 45.1 Å². The van der Waals surface area contributed by atoms with E-state index >= 15 is 0 Å². The van der Waals surface area contributed by atoms with Gasteiger partial charge in [0.15, 0.2) is 0 Å². The Bertz CT molecular complexity index is 2170. The molecule has 1 amide bonds. The Hall–Kier alpha value is -5.78. The van der Waals surface area contributed by atoms with E-state index in [4.69, 9.17) is 19.0 Å². The number of azo groups is 1. The van der Waals surface area contributed by atoms with Crippen LogP contribution in [0.4, 0.5) is 22.7 Å². The van der Waals surface area contributed by atoms with Gasteiger partial charge in [0, 0.05) is 75.0 Å². The van der Waals surface area contributed by atoms with Gasteiger partial charge >= 0.3 is 5.69 Å². The van der Waals surface area contributed by atoms with E-state index in [2.05, 4.69) is 30.6 Å². The fourth-order valence-electron chi connectivity index (χ4n) is 6.65. The van der Waals surface area contributed by atoms with Crippen LogP contribution in [-0.4, -0.2) is 85.4 Å². The summed E-state index contributed by atoms with van der Waals surface area (Å²) < 4.78 is 18.1. The first-order valence-corrected chi connectivity index (χ1v) is 18.9. The number of carbonyl (C=O) groups is 1. The van der Waals surface area contributed by atoms with E-state index in [0.717, 1.165) is 17.9 Å². The molecular formula is C40H50N8O9. The van der Waals surface area contributed by atoms with Gasteiger partial charge < -0.3 is 29.3 Å². The van der Waals surface area contributed by atoms with Crippen LogP contribution in [-0.2, 0) is 23.8 Å². The van der Waals surface area contributed by atoms with E-state index in [0.29, 0.717) is 66.7 Å². The van der Waals surface area contributed by atoms with Gasteiger partial charge in [-0.3, -0.25) is 29.3 Å². The number of rotatable bonds is 20. The minimum atomic E-state index is -0.622. The van der Waals surface area contributed by atoms with Crippen LogP contribution in [0, 0.1) is 10.1 Å². The largest absolute Gasteiger partial charge is 0.394 e. The number of aromatic amines is 1. The number of H-pyrrole nitrogens is 1. The Morgan fingerprint density at radius 1 is 1.09 bits per heavy atom. The van der Waals surface area contributed by atoms with Crippen LogP contribution in [0.3, 0.4) is 0 Å². The average Bonchev–Trinajstić information content (AvgIpc) is 3.61. The summed E-state index contributed by atoms with van der Waals surface area (Å²) in [6.07, 6.45) is 2.11. The van der Waals surface area contributed by atoms with Crippen molar-refractivity contribution in [2.45, 2.75) is 70.8 Å². The lowest BCUT2D eigenvalue weighted by Crippen LogP contribution is -2.36. The van der Waals surface area contributed by atoms with Gasteiger partial charge in [0.2, 0.25) is 5.91 Å². The maximum Gasteiger partial charge on any atom is 0.330 e. The lowest BCUT2D eigenvalue weighted by Gasteiger charge is -2.22. The third-order valence-electron chi connectivity index (χ3n) is 9.82. The number of nitrogens with one attached hydrogen (secondary N) is 2. The number of oxime groups is 1. The normalized spacial score (nSPS) is 17.6. The highest BCUT2D eigenvalue weighted by Gasteiger charge is 2.37. The number of carbonyl (C=O) groups excluding carboxylic acids is 1. The minimum absolute atomic E-state index is 0.0246. The van der Waals surface area contributed by atoms with E-state index in [1.165, 1.54) is 16.8 Å². The Morgan fingerprint density at radius 3 is 2.54 bits per heavy atom. The summed E-state index contributed by atoms with van der Waals surface area (Å²) in [5, 5.41) is 28.4. The predicted molar refractivity (Wildman–Crippen MR) is 216 cm³/mol. The second-order valence-corrected chi connectivity index (χ2v) is 13.8. The molecule has 304 valence electrons. The molecule has 17 nitrogen and oxygen atoms in total. The zero-order valence-corrected chi connectivity index (χ0v) is 32.9. The number of benzene rings is 3. The van der Waals surface area contributed by atoms with E-state index < -0.39 is 22.4 Å². The number of nitrogens with zero attached hydrogens (tertiary/aromatic N) is 6. The Morgan fingerprint density at radius 2 is 1.84 bits per heavy atom. The van der Waals surface area contributed by atoms with Crippen LogP contribution >= 0.6 is 0 Å². The van der Waals surface area contributed by atoms with Crippen molar-refractivity contribution in [1.82, 2.24) is 14.9 Å². The first kappa shape index (κ1) is 42.4. The SMILES string of the molecule is CCN(CCON=C(C)CCCC(=O)NCC(C)c1cn([C@H]2C[C@@H](OC)[C@@H](COC)O2)c(=O)[nH]c1=O)c1ccc(N=Nc2ccc([N+](=O)[O-])c3ccccc23)cc1. The van der Waals surface area contributed by atoms with Crippen molar-refractivity contribution in [2.75, 3.05) is 52.0 Å². The average molecular weight is 787 g/mol. The molecule has 0 radical (unpaired) electrons. The van der Waals surface area contributed by atoms with Crippen molar-refractivity contribution in [2.24, 2.45) is 15.4 Å². The molecule has 0 aliphatic carbocycles. The predicted octanol–water partition coefficient (Wildman–Crippen LogP) is 6.27. The Kier molecular flexibility index (Phi) is 15.2. The Labute approximate surface area is 329 Å². The molecule has 3 aromatic carbocycles. The number of likely N-dealkylation sites (N-methyl/N-ethyl adjacent to an activating group) is 1. The molecule has 1 fully saturated rings.